The van der Waals surface area contributed by atoms with E-state index in [0.717, 1.165) is 15.1 Å². The SMILES string of the molecule is Nc1ccccc1SCC(=O)Nc1ccc(Br)cc1. The fourth-order valence-electron chi connectivity index (χ4n) is 1.49. The second-order valence-electron chi connectivity index (χ2n) is 3.88. The Hall–Kier alpha value is -1.46. The summed E-state index contributed by atoms with van der Waals surface area (Å²) in [4.78, 5) is 12.7. The number of nitrogens with two attached hydrogens (primary N) is 1. The number of carbonyl (C=O) groups is 1. The van der Waals surface area contributed by atoms with Crippen molar-refractivity contribution in [3.8, 4) is 0 Å². The van der Waals surface area contributed by atoms with E-state index in [1.807, 2.05) is 48.5 Å². The molecule has 19 heavy (non-hydrogen) atoms. The monoisotopic (exact) mass is 336 g/mol. The van der Waals surface area contributed by atoms with Crippen molar-refractivity contribution >= 4 is 45.0 Å². The number of thioether (sulfide) groups is 1. The number of para-hydroxylation sites is 1. The molecule has 0 radical (unpaired) electrons. The number of amides is 1. The molecule has 0 aliphatic carbocycles. The fourth-order valence-corrected chi connectivity index (χ4v) is 2.52. The molecule has 0 unspecified atom stereocenters. The van der Waals surface area contributed by atoms with E-state index in [2.05, 4.69) is 21.2 Å². The molecule has 3 nitrogen and oxygen atoms in total. The van der Waals surface area contributed by atoms with E-state index in [0.29, 0.717) is 11.4 Å². The Labute approximate surface area is 124 Å². The van der Waals surface area contributed by atoms with Crippen LogP contribution < -0.4 is 11.1 Å². The van der Waals surface area contributed by atoms with Crippen molar-refractivity contribution < 1.29 is 4.79 Å². The first-order valence-corrected chi connectivity index (χ1v) is 7.46. The van der Waals surface area contributed by atoms with Gasteiger partial charge in [0.2, 0.25) is 5.91 Å². The van der Waals surface area contributed by atoms with Crippen molar-refractivity contribution in [2.24, 2.45) is 0 Å². The molecule has 1 amide bonds. The third-order valence-corrected chi connectivity index (χ3v) is 4.02. The Kier molecular flexibility index (Phi) is 4.87. The van der Waals surface area contributed by atoms with E-state index >= 15 is 0 Å². The molecule has 98 valence electrons. The van der Waals surface area contributed by atoms with E-state index in [9.17, 15) is 4.79 Å². The van der Waals surface area contributed by atoms with Crippen LogP contribution in [0.1, 0.15) is 0 Å². The minimum atomic E-state index is -0.0458. The zero-order valence-electron chi connectivity index (χ0n) is 10.1. The highest BCUT2D eigenvalue weighted by Gasteiger charge is 2.05. The molecule has 5 heteroatoms. The van der Waals surface area contributed by atoms with Gasteiger partial charge in [-0.05, 0) is 36.4 Å². The molecule has 0 fully saturated rings. The van der Waals surface area contributed by atoms with Gasteiger partial charge in [-0.15, -0.1) is 11.8 Å². The van der Waals surface area contributed by atoms with Gasteiger partial charge in [0.25, 0.3) is 0 Å². The van der Waals surface area contributed by atoms with Crippen molar-refractivity contribution in [1.29, 1.82) is 0 Å². The maximum absolute atomic E-state index is 11.8. The summed E-state index contributed by atoms with van der Waals surface area (Å²) in [6, 6.07) is 15.0. The normalized spacial score (nSPS) is 10.2. The number of rotatable bonds is 4. The predicted molar refractivity (Wildman–Crippen MR) is 84.4 cm³/mol. The molecule has 0 aliphatic rings. The molecule has 0 saturated heterocycles. The van der Waals surface area contributed by atoms with E-state index < -0.39 is 0 Å². The maximum Gasteiger partial charge on any atom is 0.234 e. The highest BCUT2D eigenvalue weighted by Crippen LogP contribution is 2.24. The van der Waals surface area contributed by atoms with Gasteiger partial charge in [0, 0.05) is 20.7 Å². The second kappa shape index (κ2) is 6.63. The van der Waals surface area contributed by atoms with Crippen molar-refractivity contribution in [3.63, 3.8) is 0 Å². The van der Waals surface area contributed by atoms with Crippen molar-refractivity contribution in [2.75, 3.05) is 16.8 Å². The van der Waals surface area contributed by atoms with E-state index in [1.54, 1.807) is 0 Å². The van der Waals surface area contributed by atoms with E-state index in [4.69, 9.17) is 5.73 Å². The third kappa shape index (κ3) is 4.29. The van der Waals surface area contributed by atoms with Gasteiger partial charge in [0.05, 0.1) is 5.75 Å². The van der Waals surface area contributed by atoms with Crippen LogP contribution in [-0.4, -0.2) is 11.7 Å². The summed E-state index contributed by atoms with van der Waals surface area (Å²) < 4.78 is 0.983. The molecule has 3 N–H and O–H groups in total. The Bertz CT molecular complexity index is 572. The van der Waals surface area contributed by atoms with Crippen molar-refractivity contribution in [3.05, 3.63) is 53.0 Å². The quantitative estimate of drug-likeness (QED) is 0.660. The van der Waals surface area contributed by atoms with Crippen LogP contribution in [0.15, 0.2) is 57.9 Å². The van der Waals surface area contributed by atoms with Crippen LogP contribution in [0, 0.1) is 0 Å². The highest BCUT2D eigenvalue weighted by atomic mass is 79.9. The number of hydrogen-bond donors (Lipinski definition) is 2. The van der Waals surface area contributed by atoms with Gasteiger partial charge in [0.1, 0.15) is 0 Å². The summed E-state index contributed by atoms with van der Waals surface area (Å²) in [5.41, 5.74) is 7.30. The first kappa shape index (κ1) is 14.0. The molecule has 0 aliphatic heterocycles. The van der Waals surface area contributed by atoms with Crippen molar-refractivity contribution in [1.82, 2.24) is 0 Å². The zero-order chi connectivity index (χ0) is 13.7. The molecule has 0 bridgehead atoms. The lowest BCUT2D eigenvalue weighted by molar-refractivity contribution is -0.113. The topological polar surface area (TPSA) is 55.1 Å². The van der Waals surface area contributed by atoms with Crippen LogP contribution in [0.3, 0.4) is 0 Å². The average Bonchev–Trinajstić information content (AvgIpc) is 2.40. The van der Waals surface area contributed by atoms with Crippen LogP contribution in [0.2, 0.25) is 0 Å². The first-order valence-electron chi connectivity index (χ1n) is 5.68. The molecular formula is C14H13BrN2OS. The van der Waals surface area contributed by atoms with E-state index in [-0.39, 0.29) is 5.91 Å². The van der Waals surface area contributed by atoms with Crippen LogP contribution in [0.4, 0.5) is 11.4 Å². The van der Waals surface area contributed by atoms with Gasteiger partial charge in [-0.3, -0.25) is 4.79 Å². The average molecular weight is 337 g/mol. The van der Waals surface area contributed by atoms with Gasteiger partial charge in [-0.2, -0.15) is 0 Å². The number of nitrogen functional groups attached to an aromatic ring is 1. The summed E-state index contributed by atoms with van der Waals surface area (Å²) >= 11 is 4.78. The Morgan fingerprint density at radius 3 is 2.53 bits per heavy atom. The number of nitrogens with one attached hydrogen (secondary N) is 1. The van der Waals surface area contributed by atoms with Gasteiger partial charge in [-0.1, -0.05) is 28.1 Å². The summed E-state index contributed by atoms with van der Waals surface area (Å²) in [5, 5.41) is 2.84. The van der Waals surface area contributed by atoms with Crippen LogP contribution in [-0.2, 0) is 4.79 Å². The first-order chi connectivity index (χ1) is 9.15. The molecule has 0 heterocycles. The number of halogens is 1. The number of benzene rings is 2. The summed E-state index contributed by atoms with van der Waals surface area (Å²) in [5.74, 6) is 0.292. The number of carbonyl (C=O) groups excluding carboxylic acids is 1. The number of hydrogen-bond acceptors (Lipinski definition) is 3. The zero-order valence-corrected chi connectivity index (χ0v) is 12.5. The minimum Gasteiger partial charge on any atom is -0.398 e. The Morgan fingerprint density at radius 2 is 1.84 bits per heavy atom. The molecule has 0 spiro atoms. The molecule has 2 aromatic rings. The smallest absolute Gasteiger partial charge is 0.234 e. The van der Waals surface area contributed by atoms with Crippen LogP contribution in [0.5, 0.6) is 0 Å². The maximum atomic E-state index is 11.8. The third-order valence-electron chi connectivity index (χ3n) is 2.41. The van der Waals surface area contributed by atoms with Gasteiger partial charge >= 0.3 is 0 Å². The molecular weight excluding hydrogens is 324 g/mol. The van der Waals surface area contributed by atoms with Crippen LogP contribution >= 0.6 is 27.7 Å². The Morgan fingerprint density at radius 1 is 1.16 bits per heavy atom. The lowest BCUT2D eigenvalue weighted by atomic mass is 10.3. The lowest BCUT2D eigenvalue weighted by Gasteiger charge is -2.06. The second-order valence-corrected chi connectivity index (χ2v) is 5.81. The van der Waals surface area contributed by atoms with Gasteiger partial charge < -0.3 is 11.1 Å². The standard InChI is InChI=1S/C14H13BrN2OS/c15-10-5-7-11(8-6-10)17-14(18)9-19-13-4-2-1-3-12(13)16/h1-8H,9,16H2,(H,17,18). The molecule has 0 aromatic heterocycles. The largest absolute Gasteiger partial charge is 0.398 e. The van der Waals surface area contributed by atoms with Gasteiger partial charge in [0.15, 0.2) is 0 Å². The van der Waals surface area contributed by atoms with Gasteiger partial charge in [-0.25, -0.2) is 0 Å². The molecule has 0 atom stereocenters. The number of anilines is 2. The molecule has 2 rings (SSSR count). The molecule has 2 aromatic carbocycles. The Balaban J connectivity index is 1.88. The van der Waals surface area contributed by atoms with E-state index in [1.165, 1.54) is 11.8 Å². The summed E-state index contributed by atoms with van der Waals surface area (Å²) in [6.45, 7) is 0. The molecule has 0 saturated carbocycles. The lowest BCUT2D eigenvalue weighted by Crippen LogP contribution is -2.13. The minimum absolute atomic E-state index is 0.0458. The predicted octanol–water partition coefficient (Wildman–Crippen LogP) is 3.76. The highest BCUT2D eigenvalue weighted by molar-refractivity contribution is 9.10. The summed E-state index contributed by atoms with van der Waals surface area (Å²) in [6.07, 6.45) is 0. The van der Waals surface area contributed by atoms with Crippen LogP contribution in [0.25, 0.3) is 0 Å². The van der Waals surface area contributed by atoms with Crippen molar-refractivity contribution in [2.45, 2.75) is 4.90 Å². The summed E-state index contributed by atoms with van der Waals surface area (Å²) in [7, 11) is 0. The fraction of sp³-hybridized carbons (Fsp3) is 0.0714.